The number of nitrogens with one attached hydrogen (secondary N) is 3. The fourth-order valence-corrected chi connectivity index (χ4v) is 4.03. The average Bonchev–Trinajstić information content (AvgIpc) is 3.19. The van der Waals surface area contributed by atoms with Gasteiger partial charge in [-0.25, -0.2) is 4.98 Å². The molecule has 3 N–H and O–H groups in total. The molecule has 5 aromatic rings. The van der Waals surface area contributed by atoms with E-state index in [1.54, 1.807) is 24.5 Å². The van der Waals surface area contributed by atoms with Gasteiger partial charge in [0.15, 0.2) is 0 Å². The van der Waals surface area contributed by atoms with Gasteiger partial charge in [0.2, 0.25) is 0 Å². The Labute approximate surface area is 191 Å². The molecule has 1 atom stereocenters. The molecular weight excluding hydrogens is 410 g/mol. The fraction of sp³-hybridized carbons (Fsp3) is 0.0741. The first-order valence-electron chi connectivity index (χ1n) is 10.8. The van der Waals surface area contributed by atoms with Crippen molar-refractivity contribution >= 4 is 28.3 Å². The third-order valence-corrected chi connectivity index (χ3v) is 5.56. The van der Waals surface area contributed by atoms with Crippen molar-refractivity contribution in [3.63, 3.8) is 0 Å². The standard InChI is InChI=1S/C27H23N5O/c1-18-25(26(23-11-5-7-15-28-23)32-24-12-6-8-16-29-24)21-17-20(13-14-22(21)30-18)31-27(33)19-9-3-2-4-10-19/h2-17,26,30H,1H3,(H,29,32)(H,31,33). The lowest BCUT2D eigenvalue weighted by Crippen LogP contribution is -2.15. The number of amides is 1. The maximum atomic E-state index is 12.7. The van der Waals surface area contributed by atoms with Gasteiger partial charge < -0.3 is 15.6 Å². The van der Waals surface area contributed by atoms with Gasteiger partial charge in [-0.3, -0.25) is 9.78 Å². The molecule has 0 saturated carbocycles. The summed E-state index contributed by atoms with van der Waals surface area (Å²) in [6, 6.07) is 26.5. The Kier molecular flexibility index (Phi) is 5.55. The van der Waals surface area contributed by atoms with E-state index in [0.29, 0.717) is 5.56 Å². The highest BCUT2D eigenvalue weighted by Gasteiger charge is 2.23. The number of carbonyl (C=O) groups is 1. The first kappa shape index (κ1) is 20.5. The Hall–Kier alpha value is -4.45. The lowest BCUT2D eigenvalue weighted by Gasteiger charge is -2.20. The number of anilines is 2. The zero-order valence-electron chi connectivity index (χ0n) is 18.1. The van der Waals surface area contributed by atoms with Gasteiger partial charge in [0.1, 0.15) is 5.82 Å². The van der Waals surface area contributed by atoms with Gasteiger partial charge in [-0.1, -0.05) is 30.3 Å². The van der Waals surface area contributed by atoms with Crippen molar-refractivity contribution in [3.8, 4) is 0 Å². The lowest BCUT2D eigenvalue weighted by molar-refractivity contribution is 0.102. The van der Waals surface area contributed by atoms with E-state index in [9.17, 15) is 4.79 Å². The maximum Gasteiger partial charge on any atom is 0.255 e. The molecule has 0 aliphatic carbocycles. The number of rotatable bonds is 6. The molecule has 0 bridgehead atoms. The Morgan fingerprint density at radius 2 is 1.64 bits per heavy atom. The number of H-pyrrole nitrogens is 1. The number of hydrogen-bond donors (Lipinski definition) is 3. The molecule has 6 heteroatoms. The number of aryl methyl sites for hydroxylation is 1. The van der Waals surface area contributed by atoms with E-state index in [-0.39, 0.29) is 11.9 Å². The van der Waals surface area contributed by atoms with E-state index in [4.69, 9.17) is 0 Å². The molecule has 5 rings (SSSR count). The molecule has 0 saturated heterocycles. The third kappa shape index (κ3) is 4.32. The molecule has 0 aliphatic heterocycles. The molecule has 2 aromatic carbocycles. The minimum Gasteiger partial charge on any atom is -0.358 e. The van der Waals surface area contributed by atoms with Gasteiger partial charge in [-0.15, -0.1) is 0 Å². The Morgan fingerprint density at radius 1 is 0.879 bits per heavy atom. The molecule has 3 aromatic heterocycles. The fourth-order valence-electron chi connectivity index (χ4n) is 4.03. The molecule has 6 nitrogen and oxygen atoms in total. The van der Waals surface area contributed by atoms with E-state index < -0.39 is 0 Å². The van der Waals surface area contributed by atoms with Crippen LogP contribution < -0.4 is 10.6 Å². The van der Waals surface area contributed by atoms with Crippen molar-refractivity contribution in [1.29, 1.82) is 0 Å². The molecule has 0 aliphatic rings. The number of nitrogens with zero attached hydrogens (tertiary/aromatic N) is 2. The summed E-state index contributed by atoms with van der Waals surface area (Å²) in [5.41, 5.74) is 5.30. The second kappa shape index (κ2) is 8.96. The Bertz CT molecular complexity index is 1380. The summed E-state index contributed by atoms with van der Waals surface area (Å²) in [7, 11) is 0. The van der Waals surface area contributed by atoms with E-state index in [2.05, 4.69) is 25.6 Å². The molecule has 0 radical (unpaired) electrons. The normalized spacial score (nSPS) is 11.8. The van der Waals surface area contributed by atoms with Gasteiger partial charge >= 0.3 is 0 Å². The maximum absolute atomic E-state index is 12.7. The minimum absolute atomic E-state index is 0.142. The predicted molar refractivity (Wildman–Crippen MR) is 131 cm³/mol. The van der Waals surface area contributed by atoms with Gasteiger partial charge in [0.05, 0.1) is 11.7 Å². The summed E-state index contributed by atoms with van der Waals surface area (Å²) in [6.45, 7) is 2.05. The predicted octanol–water partition coefficient (Wildman–Crippen LogP) is 5.72. The van der Waals surface area contributed by atoms with Crippen LogP contribution in [-0.4, -0.2) is 20.9 Å². The SMILES string of the molecule is Cc1[nH]c2ccc(NC(=O)c3ccccc3)cc2c1C(Nc1ccccn1)c1ccccn1. The van der Waals surface area contributed by atoms with Crippen LogP contribution in [0.15, 0.2) is 97.3 Å². The summed E-state index contributed by atoms with van der Waals surface area (Å²) in [5, 5.41) is 7.56. The van der Waals surface area contributed by atoms with Crippen molar-refractivity contribution in [2.75, 3.05) is 10.6 Å². The first-order chi connectivity index (χ1) is 16.2. The van der Waals surface area contributed by atoms with Gasteiger partial charge in [-0.2, -0.15) is 0 Å². The van der Waals surface area contributed by atoms with Crippen LogP contribution in [0, 0.1) is 6.92 Å². The van der Waals surface area contributed by atoms with Crippen LogP contribution in [0.5, 0.6) is 0 Å². The summed E-state index contributed by atoms with van der Waals surface area (Å²) in [5.74, 6) is 0.618. The average molecular weight is 434 g/mol. The second-order valence-corrected chi connectivity index (χ2v) is 7.79. The van der Waals surface area contributed by atoms with Crippen LogP contribution in [0.4, 0.5) is 11.5 Å². The monoisotopic (exact) mass is 433 g/mol. The summed E-state index contributed by atoms with van der Waals surface area (Å²) >= 11 is 0. The first-order valence-corrected chi connectivity index (χ1v) is 10.8. The number of hydrogen-bond acceptors (Lipinski definition) is 4. The zero-order chi connectivity index (χ0) is 22.6. The summed E-state index contributed by atoms with van der Waals surface area (Å²) in [4.78, 5) is 25.2. The molecule has 33 heavy (non-hydrogen) atoms. The van der Waals surface area contributed by atoms with Gasteiger partial charge in [0, 0.05) is 45.8 Å². The van der Waals surface area contributed by atoms with E-state index >= 15 is 0 Å². The number of aromatic amines is 1. The number of benzene rings is 2. The molecule has 3 heterocycles. The molecule has 0 spiro atoms. The number of carbonyl (C=O) groups excluding carboxylic acids is 1. The highest BCUT2D eigenvalue weighted by atomic mass is 16.1. The second-order valence-electron chi connectivity index (χ2n) is 7.79. The van der Waals surface area contributed by atoms with Gasteiger partial charge in [0.25, 0.3) is 5.91 Å². The smallest absolute Gasteiger partial charge is 0.255 e. The van der Waals surface area contributed by atoms with Crippen LogP contribution in [0.3, 0.4) is 0 Å². The third-order valence-electron chi connectivity index (χ3n) is 5.56. The summed E-state index contributed by atoms with van der Waals surface area (Å²) in [6.07, 6.45) is 3.55. The Morgan fingerprint density at radius 3 is 2.36 bits per heavy atom. The van der Waals surface area contributed by atoms with Crippen LogP contribution in [0.2, 0.25) is 0 Å². The molecule has 1 amide bonds. The molecular formula is C27H23N5O. The number of pyridine rings is 2. The van der Waals surface area contributed by atoms with Crippen molar-refractivity contribution in [2.45, 2.75) is 13.0 Å². The van der Waals surface area contributed by atoms with Crippen molar-refractivity contribution in [1.82, 2.24) is 15.0 Å². The minimum atomic E-state index is -0.227. The number of aromatic nitrogens is 3. The van der Waals surface area contributed by atoms with Crippen molar-refractivity contribution < 1.29 is 4.79 Å². The zero-order valence-corrected chi connectivity index (χ0v) is 18.1. The van der Waals surface area contributed by atoms with E-state index in [1.807, 2.05) is 79.7 Å². The molecule has 1 unspecified atom stereocenters. The van der Waals surface area contributed by atoms with Crippen LogP contribution in [0.1, 0.15) is 33.4 Å². The van der Waals surface area contributed by atoms with Crippen LogP contribution in [0.25, 0.3) is 10.9 Å². The quantitative estimate of drug-likeness (QED) is 0.320. The van der Waals surface area contributed by atoms with E-state index in [1.165, 1.54) is 0 Å². The lowest BCUT2D eigenvalue weighted by atomic mass is 9.99. The highest BCUT2D eigenvalue weighted by molar-refractivity contribution is 6.05. The van der Waals surface area contributed by atoms with Crippen molar-refractivity contribution in [3.05, 3.63) is 120 Å². The number of fused-ring (bicyclic) bond motifs is 1. The van der Waals surface area contributed by atoms with Gasteiger partial charge in [-0.05, 0) is 61.5 Å². The van der Waals surface area contributed by atoms with Crippen molar-refractivity contribution in [2.24, 2.45) is 0 Å². The molecule has 0 fully saturated rings. The van der Waals surface area contributed by atoms with Crippen LogP contribution in [-0.2, 0) is 0 Å². The highest BCUT2D eigenvalue weighted by Crippen LogP contribution is 2.34. The van der Waals surface area contributed by atoms with E-state index in [0.717, 1.165) is 39.4 Å². The largest absolute Gasteiger partial charge is 0.358 e. The molecule has 162 valence electrons. The Balaban J connectivity index is 1.56. The van der Waals surface area contributed by atoms with Crippen LogP contribution >= 0.6 is 0 Å². The topological polar surface area (TPSA) is 82.7 Å². The summed E-state index contributed by atoms with van der Waals surface area (Å²) < 4.78 is 0.